The largest absolute Gasteiger partial charge is 0.491 e. The van der Waals surface area contributed by atoms with E-state index in [1.807, 2.05) is 13.0 Å². The highest BCUT2D eigenvalue weighted by molar-refractivity contribution is 5.94. The number of benzene rings is 1. The number of hydrogen-bond acceptors (Lipinski definition) is 6. The fourth-order valence-electron chi connectivity index (χ4n) is 5.45. The third-order valence-electron chi connectivity index (χ3n) is 7.54. The predicted molar refractivity (Wildman–Crippen MR) is 134 cm³/mol. The van der Waals surface area contributed by atoms with Gasteiger partial charge in [0.1, 0.15) is 24.2 Å². The normalized spacial score (nSPS) is 21.4. The number of pyridine rings is 1. The van der Waals surface area contributed by atoms with Gasteiger partial charge in [0.25, 0.3) is 5.91 Å². The lowest BCUT2D eigenvalue weighted by molar-refractivity contribution is -0.141. The van der Waals surface area contributed by atoms with Gasteiger partial charge < -0.3 is 20.1 Å². The number of rotatable bonds is 7. The van der Waals surface area contributed by atoms with Crippen molar-refractivity contribution in [2.45, 2.75) is 57.5 Å². The van der Waals surface area contributed by atoms with Gasteiger partial charge in [0.2, 0.25) is 0 Å². The SMILES string of the molecule is CNC[C@@H](O)COc1ccc([C@H]2CCC[C@H]3CN(C(=O)c4ccc(C(F)(F)F)nc4)CCN32)c(C)c1C. The number of halogens is 3. The average Bonchev–Trinajstić information content (AvgIpc) is 2.88. The number of hydrogen-bond donors (Lipinski definition) is 2. The van der Waals surface area contributed by atoms with E-state index < -0.39 is 18.0 Å². The smallest absolute Gasteiger partial charge is 0.433 e. The fourth-order valence-corrected chi connectivity index (χ4v) is 5.45. The van der Waals surface area contributed by atoms with Gasteiger partial charge in [0.15, 0.2) is 0 Å². The summed E-state index contributed by atoms with van der Waals surface area (Å²) in [5, 5.41) is 12.9. The molecule has 1 aromatic heterocycles. The molecule has 4 rings (SSSR count). The Hall–Kier alpha value is -2.69. The molecule has 2 N–H and O–H groups in total. The number of nitrogens with one attached hydrogen (secondary N) is 1. The second-order valence-corrected chi connectivity index (χ2v) is 9.94. The molecule has 3 heterocycles. The van der Waals surface area contributed by atoms with E-state index in [1.54, 1.807) is 11.9 Å². The molecule has 0 radical (unpaired) electrons. The molecule has 202 valence electrons. The lowest BCUT2D eigenvalue weighted by atomic mass is 9.86. The van der Waals surface area contributed by atoms with Crippen LogP contribution in [0.4, 0.5) is 13.2 Å². The Morgan fingerprint density at radius 3 is 2.65 bits per heavy atom. The second-order valence-electron chi connectivity index (χ2n) is 9.94. The maximum Gasteiger partial charge on any atom is 0.433 e. The summed E-state index contributed by atoms with van der Waals surface area (Å²) in [6, 6.07) is 6.57. The number of ether oxygens (including phenoxy) is 1. The third kappa shape index (κ3) is 6.08. The molecule has 0 aliphatic carbocycles. The van der Waals surface area contributed by atoms with Crippen molar-refractivity contribution in [3.63, 3.8) is 0 Å². The summed E-state index contributed by atoms with van der Waals surface area (Å²) in [6.07, 6.45) is -1.07. The van der Waals surface area contributed by atoms with Gasteiger partial charge in [-0.15, -0.1) is 0 Å². The van der Waals surface area contributed by atoms with Crippen molar-refractivity contribution >= 4 is 5.91 Å². The number of aromatic nitrogens is 1. The van der Waals surface area contributed by atoms with Crippen molar-refractivity contribution in [2.24, 2.45) is 0 Å². The Kier molecular flexibility index (Phi) is 8.40. The van der Waals surface area contributed by atoms with Gasteiger partial charge in [0, 0.05) is 44.5 Å². The number of amides is 1. The van der Waals surface area contributed by atoms with Crippen LogP contribution in [0.1, 0.15) is 58.0 Å². The highest BCUT2D eigenvalue weighted by Gasteiger charge is 2.38. The Bertz CT molecular complexity index is 1090. The van der Waals surface area contributed by atoms with E-state index in [4.69, 9.17) is 4.74 Å². The van der Waals surface area contributed by atoms with Gasteiger partial charge >= 0.3 is 6.18 Å². The van der Waals surface area contributed by atoms with Crippen LogP contribution in [0, 0.1) is 13.8 Å². The highest BCUT2D eigenvalue weighted by atomic mass is 19.4. The number of piperazine rings is 1. The molecule has 2 fully saturated rings. The zero-order valence-electron chi connectivity index (χ0n) is 21.5. The van der Waals surface area contributed by atoms with E-state index in [-0.39, 0.29) is 30.2 Å². The third-order valence-corrected chi connectivity index (χ3v) is 7.54. The fraction of sp³-hybridized carbons (Fsp3) is 0.556. The lowest BCUT2D eigenvalue weighted by Gasteiger charge is -2.48. The predicted octanol–water partition coefficient (Wildman–Crippen LogP) is 3.73. The molecular weight excluding hydrogens is 485 g/mol. The topological polar surface area (TPSA) is 77.9 Å². The first-order valence-corrected chi connectivity index (χ1v) is 12.7. The molecule has 2 aliphatic heterocycles. The van der Waals surface area contributed by atoms with Crippen LogP contribution in [-0.2, 0) is 6.18 Å². The van der Waals surface area contributed by atoms with Crippen molar-refractivity contribution in [3.8, 4) is 5.75 Å². The van der Waals surface area contributed by atoms with Crippen molar-refractivity contribution in [3.05, 3.63) is 58.4 Å². The average molecular weight is 521 g/mol. The molecule has 0 bridgehead atoms. The lowest BCUT2D eigenvalue weighted by Crippen LogP contribution is -2.57. The minimum Gasteiger partial charge on any atom is -0.491 e. The Morgan fingerprint density at radius 1 is 1.19 bits per heavy atom. The maximum atomic E-state index is 13.0. The van der Waals surface area contributed by atoms with E-state index in [0.29, 0.717) is 26.2 Å². The van der Waals surface area contributed by atoms with Crippen molar-refractivity contribution in [1.29, 1.82) is 0 Å². The Balaban J connectivity index is 1.44. The van der Waals surface area contributed by atoms with Gasteiger partial charge in [0.05, 0.1) is 5.56 Å². The quantitative estimate of drug-likeness (QED) is 0.580. The summed E-state index contributed by atoms with van der Waals surface area (Å²) >= 11 is 0. The molecule has 2 saturated heterocycles. The number of aliphatic hydroxyl groups excluding tert-OH is 1. The minimum absolute atomic E-state index is 0.177. The van der Waals surface area contributed by atoms with Gasteiger partial charge in [-0.05, 0) is 75.0 Å². The molecule has 3 atom stereocenters. The van der Waals surface area contributed by atoms with E-state index in [1.165, 1.54) is 17.2 Å². The molecule has 2 aliphatic rings. The van der Waals surface area contributed by atoms with Crippen molar-refractivity contribution < 1.29 is 27.8 Å². The number of carbonyl (C=O) groups is 1. The zero-order chi connectivity index (χ0) is 26.7. The summed E-state index contributed by atoms with van der Waals surface area (Å²) in [4.78, 5) is 20.7. The zero-order valence-corrected chi connectivity index (χ0v) is 21.5. The van der Waals surface area contributed by atoms with Gasteiger partial charge in [-0.2, -0.15) is 13.2 Å². The standard InChI is InChI=1S/C27H35F3N4O3/c1-17-18(2)24(37-16-21(35)14-31-3)9-8-22(17)23-6-4-5-20-15-33(11-12-34(20)23)26(36)19-7-10-25(32-13-19)27(28,29)30/h7-10,13,20-21,23,31,35H,4-6,11-12,14-16H2,1-3H3/t20-,21+,23+/m0/s1. The Morgan fingerprint density at radius 2 is 1.97 bits per heavy atom. The van der Waals surface area contributed by atoms with Gasteiger partial charge in [-0.25, -0.2) is 0 Å². The highest BCUT2D eigenvalue weighted by Crippen LogP contribution is 2.39. The first-order valence-electron chi connectivity index (χ1n) is 12.7. The van der Waals surface area contributed by atoms with Gasteiger partial charge in [-0.1, -0.05) is 6.07 Å². The van der Waals surface area contributed by atoms with E-state index in [9.17, 15) is 23.1 Å². The number of carbonyl (C=O) groups excluding carboxylic acids is 1. The second kappa shape index (κ2) is 11.4. The molecule has 2 aromatic rings. The molecule has 10 heteroatoms. The van der Waals surface area contributed by atoms with Crippen molar-refractivity contribution in [2.75, 3.05) is 39.8 Å². The summed E-state index contributed by atoms with van der Waals surface area (Å²) < 4.78 is 44.4. The van der Waals surface area contributed by atoms with Crippen LogP contribution >= 0.6 is 0 Å². The number of aliphatic hydroxyl groups is 1. The van der Waals surface area contributed by atoms with Crippen LogP contribution in [0.2, 0.25) is 0 Å². The number of piperidine rings is 1. The molecular formula is C27H35F3N4O3. The first kappa shape index (κ1) is 27.3. The summed E-state index contributed by atoms with van der Waals surface area (Å²) in [6.45, 7) is 6.56. The van der Waals surface area contributed by atoms with Crippen LogP contribution < -0.4 is 10.1 Å². The summed E-state index contributed by atoms with van der Waals surface area (Å²) in [5.74, 6) is 0.487. The molecule has 0 unspecified atom stereocenters. The summed E-state index contributed by atoms with van der Waals surface area (Å²) in [5.41, 5.74) is 2.65. The maximum absolute atomic E-state index is 13.0. The van der Waals surface area contributed by atoms with Crippen LogP contribution in [0.25, 0.3) is 0 Å². The molecule has 1 aromatic carbocycles. The number of likely N-dealkylation sites (N-methyl/N-ethyl adjacent to an activating group) is 1. The van der Waals surface area contributed by atoms with Crippen molar-refractivity contribution in [1.82, 2.24) is 20.1 Å². The van der Waals surface area contributed by atoms with E-state index in [2.05, 4.69) is 28.2 Å². The van der Waals surface area contributed by atoms with E-state index >= 15 is 0 Å². The van der Waals surface area contributed by atoms with Crippen LogP contribution in [0.15, 0.2) is 30.5 Å². The molecule has 0 saturated carbocycles. The van der Waals surface area contributed by atoms with Crippen LogP contribution in [-0.4, -0.2) is 77.8 Å². The molecule has 37 heavy (non-hydrogen) atoms. The molecule has 7 nitrogen and oxygen atoms in total. The van der Waals surface area contributed by atoms with Crippen LogP contribution in [0.5, 0.6) is 5.75 Å². The number of fused-ring (bicyclic) bond motifs is 1. The summed E-state index contributed by atoms with van der Waals surface area (Å²) in [7, 11) is 1.78. The first-order chi connectivity index (χ1) is 17.6. The minimum atomic E-state index is -4.53. The molecule has 0 spiro atoms. The van der Waals surface area contributed by atoms with Gasteiger partial charge in [-0.3, -0.25) is 14.7 Å². The van der Waals surface area contributed by atoms with Crippen LogP contribution in [0.3, 0.4) is 0 Å². The monoisotopic (exact) mass is 520 g/mol. The number of nitrogens with zero attached hydrogens (tertiary/aromatic N) is 3. The number of alkyl halides is 3. The molecule has 1 amide bonds. The Labute approximate surface area is 215 Å². The van der Waals surface area contributed by atoms with E-state index in [0.717, 1.165) is 42.8 Å².